The molecule has 1 aliphatic heterocycles. The summed E-state index contributed by atoms with van der Waals surface area (Å²) in [5, 5.41) is 0. The molecule has 2 atom stereocenters. The van der Waals surface area contributed by atoms with Crippen LogP contribution in [0.25, 0.3) is 0 Å². The van der Waals surface area contributed by atoms with Crippen LogP contribution in [0.5, 0.6) is 0 Å². The first-order valence-corrected chi connectivity index (χ1v) is 5.15. The average molecular weight is 215 g/mol. The molecule has 0 bridgehead atoms. The molecule has 1 fully saturated rings. The van der Waals surface area contributed by atoms with E-state index in [2.05, 4.69) is 28.8 Å². The number of carbonyl (C=O) groups is 1. The molecule has 1 heterocycles. The summed E-state index contributed by atoms with van der Waals surface area (Å²) in [6.07, 6.45) is 0.283. The van der Waals surface area contributed by atoms with E-state index in [-0.39, 0.29) is 18.3 Å². The zero-order chi connectivity index (χ0) is 11.6. The Bertz CT molecular complexity index is 233. The van der Waals surface area contributed by atoms with Crippen LogP contribution in [0, 0.1) is 0 Å². The molecule has 0 aromatic heterocycles. The molecule has 1 aliphatic rings. The molecular weight excluding hydrogens is 194 g/mol. The number of likely N-dealkylation sites (N-methyl/N-ethyl adjacent to an activating group) is 2. The molecule has 0 amide bonds. The predicted octanol–water partition coefficient (Wildman–Crippen LogP) is -0.359. The number of carbonyl (C=O) groups excluding carboxylic acids is 1. The summed E-state index contributed by atoms with van der Waals surface area (Å²) in [6, 6.07) is 0.284. The quantitative estimate of drug-likeness (QED) is 0.601. The van der Waals surface area contributed by atoms with E-state index >= 15 is 0 Å². The Hall–Kier alpha value is -0.650. The van der Waals surface area contributed by atoms with Crippen LogP contribution in [-0.4, -0.2) is 74.3 Å². The lowest BCUT2D eigenvalue weighted by atomic mass is 10.3. The number of rotatable bonds is 3. The number of ether oxygens (including phenoxy) is 1. The smallest absolute Gasteiger partial charge is 0.302 e. The lowest BCUT2D eigenvalue weighted by Gasteiger charge is -2.32. The Balaban J connectivity index is 2.53. The fraction of sp³-hybridized carbons (Fsp3) is 0.900. The number of esters is 1. The van der Waals surface area contributed by atoms with E-state index in [1.54, 1.807) is 0 Å². The lowest BCUT2D eigenvalue weighted by molar-refractivity contribution is -0.142. The topological polar surface area (TPSA) is 36.0 Å². The van der Waals surface area contributed by atoms with E-state index in [1.807, 2.05) is 14.1 Å². The summed E-state index contributed by atoms with van der Waals surface area (Å²) in [5.74, 6) is -0.209. The minimum absolute atomic E-state index is 0.209. The van der Waals surface area contributed by atoms with Crippen LogP contribution in [0.3, 0.4) is 0 Å². The SMILES string of the molecule is CC(=O)OCC1CN(C)C(N(C)C)N1C. The van der Waals surface area contributed by atoms with E-state index < -0.39 is 0 Å². The van der Waals surface area contributed by atoms with Crippen molar-refractivity contribution in [3.63, 3.8) is 0 Å². The van der Waals surface area contributed by atoms with Crippen LogP contribution in [-0.2, 0) is 9.53 Å². The molecule has 0 N–H and O–H groups in total. The first-order valence-electron chi connectivity index (χ1n) is 5.15. The van der Waals surface area contributed by atoms with Crippen molar-refractivity contribution in [3.8, 4) is 0 Å². The second-order valence-corrected chi connectivity index (χ2v) is 4.37. The van der Waals surface area contributed by atoms with Gasteiger partial charge in [0.1, 0.15) is 12.9 Å². The van der Waals surface area contributed by atoms with E-state index in [1.165, 1.54) is 6.92 Å². The third-order valence-corrected chi connectivity index (χ3v) is 2.77. The summed E-state index contributed by atoms with van der Waals surface area (Å²) >= 11 is 0. The van der Waals surface area contributed by atoms with Crippen molar-refractivity contribution >= 4 is 5.97 Å². The third kappa shape index (κ3) is 2.90. The largest absolute Gasteiger partial charge is 0.464 e. The number of nitrogens with zero attached hydrogens (tertiary/aromatic N) is 3. The molecule has 0 spiro atoms. The van der Waals surface area contributed by atoms with Gasteiger partial charge in [0.15, 0.2) is 0 Å². The molecule has 2 unspecified atom stereocenters. The van der Waals surface area contributed by atoms with Gasteiger partial charge in [0.05, 0.1) is 6.04 Å². The number of hydrogen-bond acceptors (Lipinski definition) is 5. The average Bonchev–Trinajstić information content (AvgIpc) is 2.37. The van der Waals surface area contributed by atoms with Gasteiger partial charge in [-0.2, -0.15) is 0 Å². The number of hydrogen-bond donors (Lipinski definition) is 0. The minimum atomic E-state index is -0.209. The van der Waals surface area contributed by atoms with Crippen LogP contribution in [0.4, 0.5) is 0 Å². The van der Waals surface area contributed by atoms with E-state index in [4.69, 9.17) is 4.74 Å². The van der Waals surface area contributed by atoms with Crippen LogP contribution in [0.15, 0.2) is 0 Å². The zero-order valence-corrected chi connectivity index (χ0v) is 10.2. The van der Waals surface area contributed by atoms with Crippen LogP contribution >= 0.6 is 0 Å². The summed E-state index contributed by atoms with van der Waals surface area (Å²) in [5.41, 5.74) is 0. The summed E-state index contributed by atoms with van der Waals surface area (Å²) in [7, 11) is 8.23. The second kappa shape index (κ2) is 4.92. The molecule has 1 rings (SSSR count). The molecule has 15 heavy (non-hydrogen) atoms. The van der Waals surface area contributed by atoms with Crippen molar-refractivity contribution in [2.45, 2.75) is 19.3 Å². The zero-order valence-electron chi connectivity index (χ0n) is 10.2. The first kappa shape index (κ1) is 12.4. The fourth-order valence-corrected chi connectivity index (χ4v) is 2.20. The van der Waals surface area contributed by atoms with Gasteiger partial charge < -0.3 is 4.74 Å². The molecular formula is C10H21N3O2. The molecule has 0 radical (unpaired) electrons. The summed E-state index contributed by atoms with van der Waals surface area (Å²) in [4.78, 5) is 17.4. The Morgan fingerprint density at radius 1 is 1.47 bits per heavy atom. The Morgan fingerprint density at radius 3 is 2.47 bits per heavy atom. The van der Waals surface area contributed by atoms with Crippen LogP contribution < -0.4 is 0 Å². The Labute approximate surface area is 91.6 Å². The maximum atomic E-state index is 10.7. The fourth-order valence-electron chi connectivity index (χ4n) is 2.20. The van der Waals surface area contributed by atoms with E-state index in [0.29, 0.717) is 6.61 Å². The molecule has 5 heteroatoms. The van der Waals surface area contributed by atoms with Gasteiger partial charge in [-0.3, -0.25) is 19.5 Å². The van der Waals surface area contributed by atoms with Gasteiger partial charge in [0, 0.05) is 13.5 Å². The van der Waals surface area contributed by atoms with Gasteiger partial charge in [-0.25, -0.2) is 0 Å². The van der Waals surface area contributed by atoms with Crippen molar-refractivity contribution in [2.24, 2.45) is 0 Å². The summed E-state index contributed by atoms with van der Waals surface area (Å²) < 4.78 is 5.05. The highest BCUT2D eigenvalue weighted by molar-refractivity contribution is 5.65. The predicted molar refractivity (Wildman–Crippen MR) is 58.3 cm³/mol. The van der Waals surface area contributed by atoms with Gasteiger partial charge >= 0.3 is 5.97 Å². The van der Waals surface area contributed by atoms with Gasteiger partial charge in [-0.1, -0.05) is 0 Å². The highest BCUT2D eigenvalue weighted by atomic mass is 16.5. The third-order valence-electron chi connectivity index (χ3n) is 2.77. The van der Waals surface area contributed by atoms with Gasteiger partial charge in [0.2, 0.25) is 0 Å². The van der Waals surface area contributed by atoms with E-state index in [0.717, 1.165) is 6.54 Å². The second-order valence-electron chi connectivity index (χ2n) is 4.37. The molecule has 88 valence electrons. The van der Waals surface area contributed by atoms with Crippen molar-refractivity contribution in [1.29, 1.82) is 0 Å². The molecule has 0 saturated carbocycles. The highest BCUT2D eigenvalue weighted by Crippen LogP contribution is 2.18. The maximum Gasteiger partial charge on any atom is 0.302 e. The minimum Gasteiger partial charge on any atom is -0.464 e. The van der Waals surface area contributed by atoms with Gasteiger partial charge in [-0.05, 0) is 28.2 Å². The van der Waals surface area contributed by atoms with Crippen molar-refractivity contribution in [2.75, 3.05) is 41.3 Å². The van der Waals surface area contributed by atoms with Crippen LogP contribution in [0.2, 0.25) is 0 Å². The molecule has 0 aromatic rings. The molecule has 0 aromatic carbocycles. The highest BCUT2D eigenvalue weighted by Gasteiger charge is 2.36. The molecule has 5 nitrogen and oxygen atoms in total. The van der Waals surface area contributed by atoms with Gasteiger partial charge in [-0.15, -0.1) is 0 Å². The van der Waals surface area contributed by atoms with Crippen molar-refractivity contribution < 1.29 is 9.53 Å². The standard InChI is InChI=1S/C10H21N3O2/c1-8(14)15-7-9-6-12(4)10(11(2)3)13(9)5/h9-10H,6-7H2,1-5H3. The Kier molecular flexibility index (Phi) is 4.07. The monoisotopic (exact) mass is 215 g/mol. The molecule has 0 aliphatic carbocycles. The van der Waals surface area contributed by atoms with Crippen molar-refractivity contribution in [1.82, 2.24) is 14.7 Å². The van der Waals surface area contributed by atoms with Crippen molar-refractivity contribution in [3.05, 3.63) is 0 Å². The Morgan fingerprint density at radius 2 is 2.07 bits per heavy atom. The van der Waals surface area contributed by atoms with Gasteiger partial charge in [0.25, 0.3) is 0 Å². The lowest BCUT2D eigenvalue weighted by Crippen LogP contribution is -2.47. The molecule has 1 saturated heterocycles. The van der Waals surface area contributed by atoms with E-state index in [9.17, 15) is 4.79 Å². The normalized spacial score (nSPS) is 28.7. The van der Waals surface area contributed by atoms with Crippen LogP contribution in [0.1, 0.15) is 6.92 Å². The maximum absolute atomic E-state index is 10.7. The summed E-state index contributed by atoms with van der Waals surface area (Å²) in [6.45, 7) is 2.84. The first-order chi connectivity index (χ1) is 6.93.